The van der Waals surface area contributed by atoms with E-state index in [1.807, 2.05) is 43.0 Å². The van der Waals surface area contributed by atoms with Gasteiger partial charge in [-0.15, -0.1) is 0 Å². The summed E-state index contributed by atoms with van der Waals surface area (Å²) in [6, 6.07) is 12.3. The van der Waals surface area contributed by atoms with E-state index in [1.165, 1.54) is 6.07 Å². The lowest BCUT2D eigenvalue weighted by Gasteiger charge is -2.35. The molecule has 3 rings (SSSR count). The third-order valence-electron chi connectivity index (χ3n) is 4.75. The second kappa shape index (κ2) is 9.45. The van der Waals surface area contributed by atoms with Gasteiger partial charge in [-0.3, -0.25) is 4.79 Å². The third-order valence-corrected chi connectivity index (χ3v) is 4.75. The number of para-hydroxylation sites is 1. The van der Waals surface area contributed by atoms with Crippen molar-refractivity contribution in [1.29, 1.82) is 0 Å². The topological polar surface area (TPSA) is 42.0 Å². The van der Waals surface area contributed by atoms with E-state index in [2.05, 4.69) is 0 Å². The van der Waals surface area contributed by atoms with Crippen LogP contribution < -0.4 is 14.4 Å². The van der Waals surface area contributed by atoms with Crippen LogP contribution in [0.3, 0.4) is 0 Å². The normalized spacial score (nSPS) is 14.5. The van der Waals surface area contributed by atoms with E-state index in [0.29, 0.717) is 43.4 Å². The standard InChI is InChI=1S/C23H27FN2O3/c1-17(2)29-21-10-8-18(16-22(21)28-3)9-11-23(27)26-14-12-25(13-15-26)20-7-5-4-6-19(20)24/h4-11,16-17H,12-15H2,1-3H3/b11-9+. The zero-order chi connectivity index (χ0) is 20.8. The maximum atomic E-state index is 13.9. The summed E-state index contributed by atoms with van der Waals surface area (Å²) < 4.78 is 25.0. The van der Waals surface area contributed by atoms with E-state index in [4.69, 9.17) is 9.47 Å². The summed E-state index contributed by atoms with van der Waals surface area (Å²) in [7, 11) is 1.59. The molecular weight excluding hydrogens is 371 g/mol. The second-order valence-electron chi connectivity index (χ2n) is 7.17. The van der Waals surface area contributed by atoms with Crippen molar-refractivity contribution in [2.45, 2.75) is 20.0 Å². The van der Waals surface area contributed by atoms with Gasteiger partial charge in [-0.05, 0) is 49.8 Å². The summed E-state index contributed by atoms with van der Waals surface area (Å²) in [6.07, 6.45) is 3.39. The molecule has 1 saturated heterocycles. The van der Waals surface area contributed by atoms with Crippen LogP contribution in [0.15, 0.2) is 48.5 Å². The first-order valence-corrected chi connectivity index (χ1v) is 9.79. The lowest BCUT2D eigenvalue weighted by atomic mass is 10.1. The Kier molecular flexibility index (Phi) is 6.75. The number of methoxy groups -OCH3 is 1. The summed E-state index contributed by atoms with van der Waals surface area (Å²) in [6.45, 7) is 6.24. The molecule has 0 bridgehead atoms. The minimum Gasteiger partial charge on any atom is -0.493 e. The van der Waals surface area contributed by atoms with Crippen LogP contribution in [0.5, 0.6) is 11.5 Å². The Labute approximate surface area is 171 Å². The highest BCUT2D eigenvalue weighted by Crippen LogP contribution is 2.29. The third kappa shape index (κ3) is 5.28. The van der Waals surface area contributed by atoms with E-state index in [1.54, 1.807) is 36.3 Å². The zero-order valence-corrected chi connectivity index (χ0v) is 17.1. The molecule has 1 amide bonds. The highest BCUT2D eigenvalue weighted by Gasteiger charge is 2.21. The van der Waals surface area contributed by atoms with Crippen LogP contribution in [-0.4, -0.2) is 50.2 Å². The first-order chi connectivity index (χ1) is 14.0. The van der Waals surface area contributed by atoms with Gasteiger partial charge in [0, 0.05) is 32.3 Å². The molecule has 2 aromatic carbocycles. The van der Waals surface area contributed by atoms with E-state index in [-0.39, 0.29) is 17.8 Å². The number of piperazine rings is 1. The number of carbonyl (C=O) groups excluding carboxylic acids is 1. The Balaban J connectivity index is 1.59. The predicted octanol–water partition coefficient (Wildman–Crippen LogP) is 3.98. The van der Waals surface area contributed by atoms with Crippen LogP contribution in [0.2, 0.25) is 0 Å². The Morgan fingerprint density at radius 1 is 1.07 bits per heavy atom. The van der Waals surface area contributed by atoms with Gasteiger partial charge < -0.3 is 19.3 Å². The van der Waals surface area contributed by atoms with Gasteiger partial charge in [0.2, 0.25) is 5.91 Å². The SMILES string of the molecule is COc1cc(/C=C/C(=O)N2CCN(c3ccccc3F)CC2)ccc1OC(C)C. The largest absolute Gasteiger partial charge is 0.493 e. The summed E-state index contributed by atoms with van der Waals surface area (Å²) in [5, 5.41) is 0. The molecule has 2 aromatic rings. The van der Waals surface area contributed by atoms with E-state index in [9.17, 15) is 9.18 Å². The first kappa shape index (κ1) is 20.7. The number of hydrogen-bond donors (Lipinski definition) is 0. The van der Waals surface area contributed by atoms with Crippen molar-refractivity contribution >= 4 is 17.7 Å². The highest BCUT2D eigenvalue weighted by atomic mass is 19.1. The number of benzene rings is 2. The van der Waals surface area contributed by atoms with Gasteiger partial charge in [-0.2, -0.15) is 0 Å². The molecule has 29 heavy (non-hydrogen) atoms. The van der Waals surface area contributed by atoms with Gasteiger partial charge in [-0.25, -0.2) is 4.39 Å². The summed E-state index contributed by atoms with van der Waals surface area (Å²) in [4.78, 5) is 16.3. The lowest BCUT2D eigenvalue weighted by molar-refractivity contribution is -0.126. The molecule has 0 aromatic heterocycles. The number of ether oxygens (including phenoxy) is 2. The number of carbonyl (C=O) groups is 1. The van der Waals surface area contributed by atoms with E-state index < -0.39 is 0 Å². The fourth-order valence-corrected chi connectivity index (χ4v) is 3.29. The van der Waals surface area contributed by atoms with Gasteiger partial charge in [0.05, 0.1) is 18.9 Å². The molecule has 0 spiro atoms. The molecule has 1 heterocycles. The van der Waals surface area contributed by atoms with E-state index in [0.717, 1.165) is 5.56 Å². The van der Waals surface area contributed by atoms with Crippen LogP contribution in [-0.2, 0) is 4.79 Å². The Bertz CT molecular complexity index is 874. The fraction of sp³-hybridized carbons (Fsp3) is 0.348. The van der Waals surface area contributed by atoms with Crippen LogP contribution in [0.25, 0.3) is 6.08 Å². The monoisotopic (exact) mass is 398 g/mol. The average molecular weight is 398 g/mol. The number of nitrogens with zero attached hydrogens (tertiary/aromatic N) is 2. The maximum absolute atomic E-state index is 13.9. The smallest absolute Gasteiger partial charge is 0.246 e. The van der Waals surface area contributed by atoms with Gasteiger partial charge in [-0.1, -0.05) is 18.2 Å². The summed E-state index contributed by atoms with van der Waals surface area (Å²) in [5.74, 6) is 1.02. The van der Waals surface area contributed by atoms with E-state index >= 15 is 0 Å². The lowest BCUT2D eigenvalue weighted by Crippen LogP contribution is -2.48. The van der Waals surface area contributed by atoms with Crippen molar-refractivity contribution in [2.24, 2.45) is 0 Å². The van der Waals surface area contributed by atoms with Crippen molar-refractivity contribution < 1.29 is 18.7 Å². The molecule has 0 saturated carbocycles. The molecule has 1 aliphatic heterocycles. The Hall–Kier alpha value is -3.02. The quantitative estimate of drug-likeness (QED) is 0.690. The predicted molar refractivity (Wildman–Crippen MR) is 113 cm³/mol. The van der Waals surface area contributed by atoms with Crippen molar-refractivity contribution in [3.8, 4) is 11.5 Å². The minimum absolute atomic E-state index is 0.0508. The molecule has 0 N–H and O–H groups in total. The van der Waals surface area contributed by atoms with Crippen molar-refractivity contribution in [1.82, 2.24) is 4.90 Å². The molecule has 1 aliphatic rings. The molecule has 0 radical (unpaired) electrons. The van der Waals surface area contributed by atoms with Crippen LogP contribution in [0.4, 0.5) is 10.1 Å². The summed E-state index contributed by atoms with van der Waals surface area (Å²) in [5.41, 5.74) is 1.45. The maximum Gasteiger partial charge on any atom is 0.246 e. The van der Waals surface area contributed by atoms with Crippen LogP contribution in [0.1, 0.15) is 19.4 Å². The zero-order valence-electron chi connectivity index (χ0n) is 17.1. The Morgan fingerprint density at radius 3 is 2.45 bits per heavy atom. The van der Waals surface area contributed by atoms with Gasteiger partial charge in [0.15, 0.2) is 11.5 Å². The molecule has 0 unspecified atom stereocenters. The molecule has 0 aliphatic carbocycles. The van der Waals surface area contributed by atoms with Crippen LogP contribution in [0, 0.1) is 5.82 Å². The van der Waals surface area contributed by atoms with Gasteiger partial charge >= 0.3 is 0 Å². The summed E-state index contributed by atoms with van der Waals surface area (Å²) >= 11 is 0. The minimum atomic E-state index is -0.231. The van der Waals surface area contributed by atoms with Gasteiger partial charge in [0.1, 0.15) is 5.82 Å². The average Bonchev–Trinajstić information content (AvgIpc) is 2.73. The fourth-order valence-electron chi connectivity index (χ4n) is 3.29. The Morgan fingerprint density at radius 2 is 1.79 bits per heavy atom. The second-order valence-corrected chi connectivity index (χ2v) is 7.17. The number of hydrogen-bond acceptors (Lipinski definition) is 4. The van der Waals surface area contributed by atoms with Crippen molar-refractivity contribution in [2.75, 3.05) is 38.2 Å². The molecule has 0 atom stereocenters. The van der Waals surface area contributed by atoms with Crippen molar-refractivity contribution in [3.05, 3.63) is 59.9 Å². The number of anilines is 1. The highest BCUT2D eigenvalue weighted by molar-refractivity contribution is 5.92. The molecule has 6 heteroatoms. The molecule has 154 valence electrons. The molecular formula is C23H27FN2O3. The molecule has 1 fully saturated rings. The van der Waals surface area contributed by atoms with Gasteiger partial charge in [0.25, 0.3) is 0 Å². The number of halogens is 1. The number of amides is 1. The number of rotatable bonds is 6. The van der Waals surface area contributed by atoms with Crippen molar-refractivity contribution in [3.63, 3.8) is 0 Å². The molecule has 5 nitrogen and oxygen atoms in total. The van der Waals surface area contributed by atoms with Crippen LogP contribution >= 0.6 is 0 Å². The first-order valence-electron chi connectivity index (χ1n) is 9.79.